The van der Waals surface area contributed by atoms with E-state index in [9.17, 15) is 34.5 Å². The fraction of sp³-hybridized carbons (Fsp3) is 0.679. The van der Waals surface area contributed by atoms with Crippen LogP contribution in [0, 0.1) is 23.7 Å². The van der Waals surface area contributed by atoms with Crippen LogP contribution in [0.3, 0.4) is 0 Å². The summed E-state index contributed by atoms with van der Waals surface area (Å²) in [5.74, 6) is -5.00. The molecule has 1 aromatic heterocycles. The van der Waals surface area contributed by atoms with E-state index in [2.05, 4.69) is 20.8 Å². The number of aliphatic hydroxyl groups is 3. The minimum atomic E-state index is -2.04. The molecule has 3 aliphatic rings. The van der Waals surface area contributed by atoms with Crippen LogP contribution >= 0.6 is 11.6 Å². The number of Topliss-reactive ketones (excluding diaryl/α,β-unsaturated/α-hetero) is 1. The van der Waals surface area contributed by atoms with E-state index in [0.29, 0.717) is 28.3 Å². The number of H-pyrrole nitrogens is 1. The molecule has 6 rings (SSSR count). The molecule has 0 unspecified atom stereocenters. The molecule has 0 spiro atoms. The Labute approximate surface area is 438 Å². The Kier molecular flexibility index (Phi) is 19.1. The quantitative estimate of drug-likeness (QED) is 0.0992. The van der Waals surface area contributed by atoms with Crippen molar-refractivity contribution in [2.45, 2.75) is 179 Å². The van der Waals surface area contributed by atoms with Crippen molar-refractivity contribution in [1.29, 1.82) is 0 Å². The second-order valence-corrected chi connectivity index (χ2v) is 21.9. The third kappa shape index (κ3) is 12.7. The Morgan fingerprint density at radius 2 is 1.54 bits per heavy atom. The van der Waals surface area contributed by atoms with Gasteiger partial charge in [0, 0.05) is 60.6 Å². The molecule has 74 heavy (non-hydrogen) atoms. The number of ketones is 1. The number of hydrogen-bond donors (Lipinski definition) is 6. The van der Waals surface area contributed by atoms with Crippen molar-refractivity contribution in [1.82, 2.24) is 25.7 Å². The van der Waals surface area contributed by atoms with Crippen molar-refractivity contribution in [2.75, 3.05) is 28.3 Å². The summed E-state index contributed by atoms with van der Waals surface area (Å²) in [6.07, 6.45) is -11.2. The molecule has 3 aromatic rings. The van der Waals surface area contributed by atoms with E-state index < -0.39 is 114 Å². The molecular weight excluding hydrogens is 982 g/mol. The molecule has 6 N–H and O–H groups in total. The number of hydrazine groups is 1. The number of methoxy groups -OCH3 is 2. The van der Waals surface area contributed by atoms with E-state index in [1.165, 1.54) is 28.1 Å². The SMILES string of the molecule is CC[C@H]1OC(=O)[C@H](C)[C@@H](O[C@H]2C[C@@](C)(OC)[C@@H](OC(=O)NNC(=O)c3ccc4nc(-c5ccc(Cl)cc5)[nH]c4c3)[C@H](C)O2)[C@H](C)[C@@H](O[C@@H]2O[C@H](C)C[C@H](N(C)C)[C@H]2O)[C@@](C)(OC)C[C@@H](C)C(=O)[C@H](C)[C@@H](O)[C@]1(C)O. The molecule has 4 heterocycles. The summed E-state index contributed by atoms with van der Waals surface area (Å²) in [6.45, 7) is 16.7. The number of fused-ring (bicyclic) bond motifs is 1. The van der Waals surface area contributed by atoms with Gasteiger partial charge in [-0.05, 0) is 117 Å². The van der Waals surface area contributed by atoms with Crippen LogP contribution in [0.15, 0.2) is 42.5 Å². The Hall–Kier alpha value is -4.32. The number of carbonyl (C=O) groups excluding carboxylic acids is 4. The second-order valence-electron chi connectivity index (χ2n) is 21.4. The summed E-state index contributed by atoms with van der Waals surface area (Å²) in [7, 11) is 6.64. The maximum atomic E-state index is 14.6. The number of nitrogens with one attached hydrogen (secondary N) is 3. The summed E-state index contributed by atoms with van der Waals surface area (Å²) in [5.41, 5.74) is 2.28. The lowest BCUT2D eigenvalue weighted by atomic mass is 9.74. The Morgan fingerprint density at radius 1 is 0.892 bits per heavy atom. The van der Waals surface area contributed by atoms with Gasteiger partial charge in [0.25, 0.3) is 5.91 Å². The number of carbonyl (C=O) groups is 4. The largest absolute Gasteiger partial charge is 0.459 e. The van der Waals surface area contributed by atoms with Gasteiger partial charge in [-0.3, -0.25) is 19.8 Å². The van der Waals surface area contributed by atoms with Gasteiger partial charge in [0.05, 0.1) is 53.1 Å². The topological polar surface area (TPSA) is 259 Å². The van der Waals surface area contributed by atoms with E-state index in [1.54, 1.807) is 78.8 Å². The van der Waals surface area contributed by atoms with Gasteiger partial charge in [0.2, 0.25) is 0 Å². The molecule has 21 heteroatoms. The van der Waals surface area contributed by atoms with Gasteiger partial charge in [-0.1, -0.05) is 39.3 Å². The number of rotatable bonds is 11. The number of amides is 2. The van der Waals surface area contributed by atoms with Crippen molar-refractivity contribution >= 4 is 46.4 Å². The molecule has 0 saturated carbocycles. The number of aliphatic hydroxyl groups excluding tert-OH is 2. The van der Waals surface area contributed by atoms with E-state index >= 15 is 0 Å². The zero-order valence-corrected chi connectivity index (χ0v) is 45.8. The number of likely N-dealkylation sites (N-methyl/N-ethyl adjacent to an activating group) is 1. The molecule has 18 atom stereocenters. The van der Waals surface area contributed by atoms with Crippen LogP contribution in [0.25, 0.3) is 22.4 Å². The van der Waals surface area contributed by atoms with Crippen molar-refractivity contribution in [3.63, 3.8) is 0 Å². The number of nitrogens with zero attached hydrogens (tertiary/aromatic N) is 2. The number of imidazole rings is 1. The minimum Gasteiger partial charge on any atom is -0.459 e. The lowest BCUT2D eigenvalue weighted by Crippen LogP contribution is -2.62. The van der Waals surface area contributed by atoms with E-state index in [4.69, 9.17) is 49.5 Å². The predicted molar refractivity (Wildman–Crippen MR) is 272 cm³/mol. The van der Waals surface area contributed by atoms with Gasteiger partial charge in [0.1, 0.15) is 35.0 Å². The lowest BCUT2D eigenvalue weighted by Gasteiger charge is -2.50. The number of benzene rings is 2. The standard InChI is InChI=1S/C53H78ClN5O15/c1-15-38-53(10,66)43(62)28(4)40(60)26(2)24-51(8,67-13)44(73-49-41(61)37(59(11)12)22-27(3)69-49)29(5)42(30(6)48(64)71-38)72-39-25-52(9,68-14)45(31(7)70-39)74-50(65)58-57-47(63)33-18-21-35-36(23-33)56-46(55-35)32-16-19-34(54)20-17-32/h16-21,23,26-31,37-39,41-45,49,61-62,66H,15,22,24-25H2,1-14H3,(H,55,56)(H,57,63)(H,58,65)/t26-,27-,28+,29+,30-,31+,37+,38-,39+,41-,42+,43-,44-,45+,49+,51+,52-,53-/m1/s1. The first-order valence-electron chi connectivity index (χ1n) is 25.4. The van der Waals surface area contributed by atoms with Gasteiger partial charge in [0.15, 0.2) is 18.7 Å². The first-order valence-corrected chi connectivity index (χ1v) is 25.8. The third-order valence-corrected chi connectivity index (χ3v) is 15.9. The number of cyclic esters (lactones) is 1. The normalized spacial score (nSPS) is 37.7. The Bertz CT molecular complexity index is 2420. The van der Waals surface area contributed by atoms with E-state index in [1.807, 2.05) is 38.1 Å². The minimum absolute atomic E-state index is 0.0421. The maximum Gasteiger partial charge on any atom is 0.426 e. The predicted octanol–water partition coefficient (Wildman–Crippen LogP) is 5.72. The molecule has 3 saturated heterocycles. The monoisotopic (exact) mass is 1060 g/mol. The number of ether oxygens (including phenoxy) is 8. The van der Waals surface area contributed by atoms with E-state index in [0.717, 1.165) is 5.56 Å². The van der Waals surface area contributed by atoms with Crippen LogP contribution in [0.2, 0.25) is 5.02 Å². The van der Waals surface area contributed by atoms with Gasteiger partial charge < -0.3 is 63.1 Å². The average molecular weight is 1060 g/mol. The highest BCUT2D eigenvalue weighted by Crippen LogP contribution is 2.42. The zero-order valence-electron chi connectivity index (χ0n) is 45.0. The highest BCUT2D eigenvalue weighted by Gasteiger charge is 2.55. The molecule has 20 nitrogen and oxygen atoms in total. The second kappa shape index (κ2) is 23.9. The number of aromatic amines is 1. The molecule has 3 aliphatic heterocycles. The van der Waals surface area contributed by atoms with Crippen LogP contribution in [-0.4, -0.2) is 167 Å². The molecule has 2 aromatic carbocycles. The van der Waals surface area contributed by atoms with Crippen LogP contribution in [0.1, 0.15) is 105 Å². The molecule has 3 fully saturated rings. The highest BCUT2D eigenvalue weighted by molar-refractivity contribution is 6.30. The third-order valence-electron chi connectivity index (χ3n) is 15.6. The van der Waals surface area contributed by atoms with Crippen LogP contribution in [0.4, 0.5) is 4.79 Å². The molecule has 412 valence electrons. The van der Waals surface area contributed by atoms with Crippen LogP contribution in [-0.2, 0) is 47.5 Å². The fourth-order valence-electron chi connectivity index (χ4n) is 11.0. The van der Waals surface area contributed by atoms with E-state index in [-0.39, 0.29) is 42.8 Å². The Morgan fingerprint density at radius 3 is 2.16 bits per heavy atom. The summed E-state index contributed by atoms with van der Waals surface area (Å²) in [5, 5.41) is 35.8. The fourth-order valence-corrected chi connectivity index (χ4v) is 11.1. The average Bonchev–Trinajstić information content (AvgIpc) is 3.80. The van der Waals surface area contributed by atoms with Crippen LogP contribution < -0.4 is 10.9 Å². The van der Waals surface area contributed by atoms with Gasteiger partial charge in [-0.2, -0.15) is 0 Å². The molecule has 2 amide bonds. The van der Waals surface area contributed by atoms with Gasteiger partial charge >= 0.3 is 12.1 Å². The summed E-state index contributed by atoms with van der Waals surface area (Å²) < 4.78 is 50.9. The summed E-state index contributed by atoms with van der Waals surface area (Å²) >= 11 is 6.05. The summed E-state index contributed by atoms with van der Waals surface area (Å²) in [4.78, 5) is 65.2. The first kappa shape index (κ1) is 58.9. The van der Waals surface area contributed by atoms with Gasteiger partial charge in [-0.25, -0.2) is 15.2 Å². The van der Waals surface area contributed by atoms with Crippen molar-refractivity contribution in [2.24, 2.45) is 23.7 Å². The number of aromatic nitrogens is 2. The van der Waals surface area contributed by atoms with Crippen molar-refractivity contribution in [3.05, 3.63) is 53.1 Å². The molecular formula is C53H78ClN5O15. The summed E-state index contributed by atoms with van der Waals surface area (Å²) in [6, 6.07) is 11.7. The van der Waals surface area contributed by atoms with Gasteiger partial charge in [-0.15, -0.1) is 0 Å². The highest BCUT2D eigenvalue weighted by atomic mass is 35.5. The number of hydrogen-bond acceptors (Lipinski definition) is 17. The molecule has 0 radical (unpaired) electrons. The Balaban J connectivity index is 1.26. The molecule has 0 aliphatic carbocycles. The zero-order chi connectivity index (χ0) is 54.8. The molecule has 0 bridgehead atoms. The maximum absolute atomic E-state index is 14.6. The smallest absolute Gasteiger partial charge is 0.426 e. The van der Waals surface area contributed by atoms with Crippen molar-refractivity contribution < 1.29 is 72.4 Å². The lowest BCUT2D eigenvalue weighted by molar-refractivity contribution is -0.319. The van der Waals surface area contributed by atoms with Crippen LogP contribution in [0.5, 0.6) is 0 Å². The number of halogens is 1. The first-order chi connectivity index (χ1) is 34.7. The number of esters is 1. The van der Waals surface area contributed by atoms with Crippen molar-refractivity contribution in [3.8, 4) is 11.4 Å².